The molecule has 1 saturated heterocycles. The molecular formula is C59H116N2O9. The Hall–Kier alpha value is -1.79. The van der Waals surface area contributed by atoms with Crippen LogP contribution in [0.5, 0.6) is 0 Å². The number of hydrogen-bond donors (Lipinski definition) is 0. The summed E-state index contributed by atoms with van der Waals surface area (Å²) in [5, 5.41) is 0. The fourth-order valence-corrected chi connectivity index (χ4v) is 8.93. The Balaban J connectivity index is 0.00000156. The summed E-state index contributed by atoms with van der Waals surface area (Å²) in [5.74, 6) is 0.211. The molecule has 0 bridgehead atoms. The molecule has 0 N–H and O–H groups in total. The number of carbonyl (C=O) groups excluding carboxylic acids is 3. The number of likely N-dealkylation sites (tertiary alicyclic amines) is 1. The first-order valence-corrected chi connectivity index (χ1v) is 29.9. The number of amides is 1. The standard InChI is InChI=1S/C36H70N2O6.C23H46O3/c1-6-10-12-14-16-18-20-26-41-35(42-27-21-19-17-15-13-11-7-2)24-23-34(39)44-33-29-32(5)30-38(31-33)36(40)43-28-22-25-37(8-3)9-4;1-4-6-8-10-12-14-16-20-25-23(19-18-22(3)24)26-21-17-15-13-11-9-7-5-2/h32-33,35H,6-31H2,1-5H3;23H,4-21H2,1-3H3. The van der Waals surface area contributed by atoms with E-state index in [1.54, 1.807) is 11.8 Å². The van der Waals surface area contributed by atoms with Crippen LogP contribution in [0.15, 0.2) is 0 Å². The van der Waals surface area contributed by atoms with E-state index in [9.17, 15) is 14.4 Å². The fourth-order valence-electron chi connectivity index (χ4n) is 8.93. The van der Waals surface area contributed by atoms with E-state index >= 15 is 0 Å². The quantitative estimate of drug-likeness (QED) is 0.0332. The van der Waals surface area contributed by atoms with Crippen LogP contribution in [-0.2, 0) is 38.0 Å². The Morgan fingerprint density at radius 2 is 0.857 bits per heavy atom. The van der Waals surface area contributed by atoms with Gasteiger partial charge in [-0.2, -0.15) is 0 Å². The number of hydrogen-bond acceptors (Lipinski definition) is 10. The van der Waals surface area contributed by atoms with Crippen LogP contribution < -0.4 is 0 Å². The van der Waals surface area contributed by atoms with Gasteiger partial charge in [-0.25, -0.2) is 4.79 Å². The van der Waals surface area contributed by atoms with Gasteiger partial charge >= 0.3 is 12.1 Å². The van der Waals surface area contributed by atoms with Crippen molar-refractivity contribution < 1.29 is 42.8 Å². The maximum absolute atomic E-state index is 12.9. The summed E-state index contributed by atoms with van der Waals surface area (Å²) in [6.07, 6.45) is 37.7. The largest absolute Gasteiger partial charge is 0.460 e. The monoisotopic (exact) mass is 997 g/mol. The molecule has 11 heteroatoms. The minimum Gasteiger partial charge on any atom is -0.460 e. The highest BCUT2D eigenvalue weighted by molar-refractivity contribution is 5.75. The van der Waals surface area contributed by atoms with E-state index in [-0.39, 0.29) is 48.9 Å². The Labute approximate surface area is 433 Å². The number of piperidine rings is 1. The number of rotatable bonds is 49. The number of ether oxygens (including phenoxy) is 6. The lowest BCUT2D eigenvalue weighted by molar-refractivity contribution is -0.164. The highest BCUT2D eigenvalue weighted by Crippen LogP contribution is 2.21. The second-order valence-electron chi connectivity index (χ2n) is 20.5. The van der Waals surface area contributed by atoms with Gasteiger partial charge in [-0.1, -0.05) is 203 Å². The summed E-state index contributed by atoms with van der Waals surface area (Å²) in [7, 11) is 0. The van der Waals surface area contributed by atoms with E-state index in [0.717, 1.165) is 71.4 Å². The normalized spacial score (nSPS) is 14.9. The molecule has 2 unspecified atom stereocenters. The Morgan fingerprint density at radius 3 is 1.23 bits per heavy atom. The third kappa shape index (κ3) is 44.9. The second-order valence-corrected chi connectivity index (χ2v) is 20.5. The number of esters is 1. The van der Waals surface area contributed by atoms with Crippen LogP contribution in [0.2, 0.25) is 0 Å². The van der Waals surface area contributed by atoms with Crippen molar-refractivity contribution >= 4 is 17.8 Å². The van der Waals surface area contributed by atoms with Crippen molar-refractivity contribution in [3.05, 3.63) is 0 Å². The predicted octanol–water partition coefficient (Wildman–Crippen LogP) is 16.0. The lowest BCUT2D eigenvalue weighted by atomic mass is 9.98. The van der Waals surface area contributed by atoms with E-state index in [0.29, 0.717) is 52.2 Å². The number of Topliss-reactive ketones (excluding diaryl/α,β-unsaturated/α-hetero) is 1. The highest BCUT2D eigenvalue weighted by Gasteiger charge is 2.31. The molecular weight excluding hydrogens is 881 g/mol. The molecule has 11 nitrogen and oxygen atoms in total. The Bertz CT molecular complexity index is 1100. The first-order valence-electron chi connectivity index (χ1n) is 29.9. The molecule has 2 atom stereocenters. The molecule has 1 amide bonds. The number of unbranched alkanes of at least 4 members (excludes halogenated alkanes) is 24. The molecule has 70 heavy (non-hydrogen) atoms. The maximum Gasteiger partial charge on any atom is 0.409 e. The zero-order chi connectivity index (χ0) is 51.6. The molecule has 1 aliphatic rings. The fraction of sp³-hybridized carbons (Fsp3) is 0.949. The Morgan fingerprint density at radius 1 is 0.486 bits per heavy atom. The molecule has 0 aliphatic carbocycles. The van der Waals surface area contributed by atoms with Gasteiger partial charge in [0, 0.05) is 58.8 Å². The smallest absolute Gasteiger partial charge is 0.409 e. The average molecular weight is 998 g/mol. The molecule has 1 fully saturated rings. The first-order chi connectivity index (χ1) is 34.1. The van der Waals surface area contributed by atoms with Crippen molar-refractivity contribution in [2.24, 2.45) is 5.92 Å². The zero-order valence-corrected chi connectivity index (χ0v) is 47.5. The van der Waals surface area contributed by atoms with Crippen molar-refractivity contribution in [2.45, 2.75) is 292 Å². The number of carbonyl (C=O) groups is 3. The maximum atomic E-state index is 12.9. The minimum atomic E-state index is -0.379. The van der Waals surface area contributed by atoms with Gasteiger partial charge in [0.2, 0.25) is 0 Å². The molecule has 0 saturated carbocycles. The molecule has 0 spiro atoms. The third-order valence-corrected chi connectivity index (χ3v) is 13.4. The average Bonchev–Trinajstić information content (AvgIpc) is 3.35. The third-order valence-electron chi connectivity index (χ3n) is 13.4. The van der Waals surface area contributed by atoms with Crippen LogP contribution >= 0.6 is 0 Å². The van der Waals surface area contributed by atoms with E-state index in [4.69, 9.17) is 28.4 Å². The van der Waals surface area contributed by atoms with Crippen LogP contribution in [0.4, 0.5) is 4.79 Å². The topological polar surface area (TPSA) is 113 Å². The number of nitrogens with zero attached hydrogens (tertiary/aromatic N) is 2. The zero-order valence-electron chi connectivity index (χ0n) is 47.5. The molecule has 0 radical (unpaired) electrons. The summed E-state index contributed by atoms with van der Waals surface area (Å²) in [6, 6.07) is 0. The van der Waals surface area contributed by atoms with E-state index in [1.807, 2.05) is 0 Å². The Kier molecular flexibility index (Phi) is 50.8. The molecule has 416 valence electrons. The van der Waals surface area contributed by atoms with E-state index in [2.05, 4.69) is 53.4 Å². The minimum absolute atomic E-state index is 0.195. The summed E-state index contributed by atoms with van der Waals surface area (Å²) in [5.41, 5.74) is 0. The van der Waals surface area contributed by atoms with Crippen molar-refractivity contribution in [3.8, 4) is 0 Å². The van der Waals surface area contributed by atoms with Gasteiger partial charge in [-0.15, -0.1) is 0 Å². The van der Waals surface area contributed by atoms with Gasteiger partial charge in [-0.05, 0) is 64.5 Å². The highest BCUT2D eigenvalue weighted by atomic mass is 16.7. The van der Waals surface area contributed by atoms with Crippen LogP contribution in [0.25, 0.3) is 0 Å². The molecule has 1 aliphatic heterocycles. The molecule has 1 rings (SSSR count). The van der Waals surface area contributed by atoms with Gasteiger partial charge in [0.1, 0.15) is 11.9 Å². The lowest BCUT2D eigenvalue weighted by Crippen LogP contribution is -2.47. The van der Waals surface area contributed by atoms with E-state index < -0.39 is 0 Å². The van der Waals surface area contributed by atoms with Gasteiger partial charge < -0.3 is 43.0 Å². The van der Waals surface area contributed by atoms with Crippen molar-refractivity contribution in [1.29, 1.82) is 0 Å². The van der Waals surface area contributed by atoms with Gasteiger partial charge in [0.15, 0.2) is 12.6 Å². The molecule has 0 aromatic heterocycles. The van der Waals surface area contributed by atoms with Gasteiger partial charge in [0.05, 0.1) is 19.6 Å². The molecule has 1 heterocycles. The van der Waals surface area contributed by atoms with Crippen LogP contribution in [0.3, 0.4) is 0 Å². The van der Waals surface area contributed by atoms with Gasteiger partial charge in [0.25, 0.3) is 0 Å². The summed E-state index contributed by atoms with van der Waals surface area (Å²) < 4.78 is 35.4. The first kappa shape index (κ1) is 68.2. The van der Waals surface area contributed by atoms with Gasteiger partial charge in [-0.3, -0.25) is 4.79 Å². The van der Waals surface area contributed by atoms with Crippen molar-refractivity contribution in [3.63, 3.8) is 0 Å². The second kappa shape index (κ2) is 52.1. The molecule has 0 aromatic carbocycles. The summed E-state index contributed by atoms with van der Waals surface area (Å²) in [4.78, 5) is 40.8. The summed E-state index contributed by atoms with van der Waals surface area (Å²) in [6.45, 7) is 24.2. The van der Waals surface area contributed by atoms with Crippen LogP contribution in [0.1, 0.15) is 274 Å². The van der Waals surface area contributed by atoms with Crippen LogP contribution in [0, 0.1) is 5.92 Å². The van der Waals surface area contributed by atoms with Crippen molar-refractivity contribution in [2.75, 3.05) is 65.8 Å². The van der Waals surface area contributed by atoms with Crippen LogP contribution in [-0.4, -0.2) is 112 Å². The lowest BCUT2D eigenvalue weighted by Gasteiger charge is -2.35. The predicted molar refractivity (Wildman–Crippen MR) is 291 cm³/mol. The SMILES string of the molecule is CCCCCCCCCOC(CCC(=O)OC1CC(C)CN(C(=O)OCCCN(CC)CC)C1)OCCCCCCCCC.CCCCCCCCCOC(CCC(C)=O)OCCCCCCCCC. The number of ketones is 1. The molecule has 0 aromatic rings. The van der Waals surface area contributed by atoms with Crippen molar-refractivity contribution in [1.82, 2.24) is 9.80 Å². The summed E-state index contributed by atoms with van der Waals surface area (Å²) >= 11 is 0. The van der Waals surface area contributed by atoms with E-state index in [1.165, 1.54) is 154 Å².